The van der Waals surface area contributed by atoms with E-state index in [1.54, 1.807) is 11.8 Å². The van der Waals surface area contributed by atoms with Crippen LogP contribution >= 0.6 is 11.8 Å². The number of H-pyrrole nitrogens is 1. The van der Waals surface area contributed by atoms with Crippen LogP contribution in [0.4, 0.5) is 5.69 Å². The smallest absolute Gasteiger partial charge is 0.204 e. The van der Waals surface area contributed by atoms with Crippen LogP contribution in [0, 0.1) is 0 Å². The number of anilines is 1. The summed E-state index contributed by atoms with van der Waals surface area (Å²) in [6.45, 7) is 0. The monoisotopic (exact) mass is 269 g/mol. The Morgan fingerprint density at radius 3 is 2.47 bits per heavy atom. The predicted molar refractivity (Wildman–Crippen MR) is 74.6 cm³/mol. The van der Waals surface area contributed by atoms with Crippen LogP contribution in [-0.4, -0.2) is 20.6 Å². The molecule has 19 heavy (non-hydrogen) atoms. The first-order valence-electron chi connectivity index (χ1n) is 5.69. The zero-order valence-electron chi connectivity index (χ0n) is 9.95. The minimum absolute atomic E-state index is 0.593. The maximum atomic E-state index is 5.92. The molecule has 0 fully saturated rings. The van der Waals surface area contributed by atoms with Gasteiger partial charge in [-0.3, -0.25) is 0 Å². The molecule has 1 aromatic heterocycles. The molecule has 94 valence electrons. The molecule has 0 atom stereocenters. The summed E-state index contributed by atoms with van der Waals surface area (Å²) in [6.07, 6.45) is 0. The number of nitrogens with one attached hydrogen (secondary N) is 1. The van der Waals surface area contributed by atoms with Crippen LogP contribution in [0.2, 0.25) is 0 Å². The Kier molecular flexibility index (Phi) is 3.16. The summed E-state index contributed by atoms with van der Waals surface area (Å²) >= 11 is 1.63. The largest absolute Gasteiger partial charge is 0.398 e. The van der Waals surface area contributed by atoms with Crippen LogP contribution in [0.5, 0.6) is 0 Å². The second-order valence-corrected chi connectivity index (χ2v) is 5.02. The first kappa shape index (κ1) is 11.7. The maximum Gasteiger partial charge on any atom is 0.204 e. The molecule has 3 N–H and O–H groups in total. The SMILES string of the molecule is Nc1ccccc1Sc1ccc(-c2nn[nH]n2)cc1. The van der Waals surface area contributed by atoms with Gasteiger partial charge in [0.25, 0.3) is 0 Å². The second kappa shape index (κ2) is 5.11. The van der Waals surface area contributed by atoms with Crippen LogP contribution in [0.1, 0.15) is 0 Å². The fraction of sp³-hybridized carbons (Fsp3) is 0. The first-order valence-corrected chi connectivity index (χ1v) is 6.51. The van der Waals surface area contributed by atoms with Gasteiger partial charge in [0.05, 0.1) is 0 Å². The number of hydrogen-bond donors (Lipinski definition) is 2. The molecule has 5 nitrogen and oxygen atoms in total. The molecule has 0 radical (unpaired) electrons. The zero-order chi connectivity index (χ0) is 13.1. The van der Waals surface area contributed by atoms with Crippen molar-refractivity contribution in [2.45, 2.75) is 9.79 Å². The van der Waals surface area contributed by atoms with Gasteiger partial charge >= 0.3 is 0 Å². The molecular formula is C13H11N5S. The van der Waals surface area contributed by atoms with Gasteiger partial charge in [-0.1, -0.05) is 23.9 Å². The van der Waals surface area contributed by atoms with Gasteiger partial charge in [-0.25, -0.2) is 0 Å². The average molecular weight is 269 g/mol. The topological polar surface area (TPSA) is 80.5 Å². The number of benzene rings is 2. The van der Waals surface area contributed by atoms with Crippen molar-refractivity contribution in [3.63, 3.8) is 0 Å². The van der Waals surface area contributed by atoms with E-state index in [2.05, 4.69) is 20.6 Å². The van der Waals surface area contributed by atoms with Gasteiger partial charge in [0.1, 0.15) is 0 Å². The number of hydrogen-bond acceptors (Lipinski definition) is 5. The molecular weight excluding hydrogens is 258 g/mol. The van der Waals surface area contributed by atoms with E-state index in [0.29, 0.717) is 5.82 Å². The molecule has 1 heterocycles. The summed E-state index contributed by atoms with van der Waals surface area (Å²) in [6, 6.07) is 15.8. The fourth-order valence-corrected chi connectivity index (χ4v) is 2.52. The highest BCUT2D eigenvalue weighted by Crippen LogP contribution is 2.32. The standard InChI is InChI=1S/C13H11N5S/c14-11-3-1-2-4-12(11)19-10-7-5-9(6-8-10)13-15-17-18-16-13/h1-8H,14H2,(H,15,16,17,18). The van der Waals surface area contributed by atoms with Gasteiger partial charge in [-0.15, -0.1) is 10.2 Å². The average Bonchev–Trinajstić information content (AvgIpc) is 2.96. The lowest BCUT2D eigenvalue weighted by Gasteiger charge is -2.05. The van der Waals surface area contributed by atoms with Crippen LogP contribution in [0.15, 0.2) is 58.3 Å². The number of para-hydroxylation sites is 1. The van der Waals surface area contributed by atoms with E-state index in [1.807, 2.05) is 48.5 Å². The minimum atomic E-state index is 0.593. The van der Waals surface area contributed by atoms with E-state index in [1.165, 1.54) is 0 Å². The Morgan fingerprint density at radius 2 is 1.79 bits per heavy atom. The maximum absolute atomic E-state index is 5.92. The van der Waals surface area contributed by atoms with Gasteiger partial charge in [-0.05, 0) is 41.6 Å². The molecule has 0 bridgehead atoms. The summed E-state index contributed by atoms with van der Waals surface area (Å²) < 4.78 is 0. The fourth-order valence-electron chi connectivity index (χ4n) is 1.66. The molecule has 0 aliphatic rings. The van der Waals surface area contributed by atoms with Crippen molar-refractivity contribution in [2.75, 3.05) is 5.73 Å². The second-order valence-electron chi connectivity index (χ2n) is 3.90. The van der Waals surface area contributed by atoms with Crippen molar-refractivity contribution in [3.05, 3.63) is 48.5 Å². The van der Waals surface area contributed by atoms with E-state index in [0.717, 1.165) is 21.0 Å². The minimum Gasteiger partial charge on any atom is -0.398 e. The van der Waals surface area contributed by atoms with Crippen molar-refractivity contribution in [2.24, 2.45) is 0 Å². The molecule has 0 unspecified atom stereocenters. The number of rotatable bonds is 3. The van der Waals surface area contributed by atoms with Crippen molar-refractivity contribution < 1.29 is 0 Å². The third-order valence-corrected chi connectivity index (χ3v) is 3.70. The predicted octanol–water partition coefficient (Wildman–Crippen LogP) is 2.60. The van der Waals surface area contributed by atoms with Gasteiger partial charge in [0, 0.05) is 21.0 Å². The highest BCUT2D eigenvalue weighted by molar-refractivity contribution is 7.99. The molecule has 0 amide bonds. The number of nitrogens with zero attached hydrogens (tertiary/aromatic N) is 3. The van der Waals surface area contributed by atoms with E-state index in [-0.39, 0.29) is 0 Å². The lowest BCUT2D eigenvalue weighted by Crippen LogP contribution is -1.87. The molecule has 3 rings (SSSR count). The van der Waals surface area contributed by atoms with E-state index in [4.69, 9.17) is 5.73 Å². The molecule has 0 spiro atoms. The number of nitrogens with two attached hydrogens (primary N) is 1. The molecule has 0 aliphatic heterocycles. The number of aromatic nitrogens is 4. The van der Waals surface area contributed by atoms with Crippen LogP contribution in [-0.2, 0) is 0 Å². The Balaban J connectivity index is 1.82. The molecule has 0 saturated heterocycles. The quantitative estimate of drug-likeness (QED) is 0.714. The highest BCUT2D eigenvalue weighted by Gasteiger charge is 2.04. The number of nitrogen functional groups attached to an aromatic ring is 1. The third kappa shape index (κ3) is 2.58. The Labute approximate surface area is 114 Å². The molecule has 0 aliphatic carbocycles. The normalized spacial score (nSPS) is 10.5. The third-order valence-electron chi connectivity index (χ3n) is 2.60. The van der Waals surface area contributed by atoms with Gasteiger partial charge in [0.2, 0.25) is 5.82 Å². The molecule has 2 aromatic carbocycles. The highest BCUT2D eigenvalue weighted by atomic mass is 32.2. The zero-order valence-corrected chi connectivity index (χ0v) is 10.8. The van der Waals surface area contributed by atoms with Gasteiger partial charge in [0.15, 0.2) is 0 Å². The van der Waals surface area contributed by atoms with Gasteiger partial charge < -0.3 is 5.73 Å². The first-order chi connectivity index (χ1) is 9.33. The Bertz CT molecular complexity index is 664. The summed E-state index contributed by atoms with van der Waals surface area (Å²) in [5.74, 6) is 0.593. The van der Waals surface area contributed by atoms with Crippen molar-refractivity contribution >= 4 is 17.4 Å². The lowest BCUT2D eigenvalue weighted by atomic mass is 10.2. The van der Waals surface area contributed by atoms with Crippen LogP contribution in [0.25, 0.3) is 11.4 Å². The number of aromatic amines is 1. The molecule has 6 heteroatoms. The van der Waals surface area contributed by atoms with Crippen molar-refractivity contribution in [1.82, 2.24) is 20.6 Å². The van der Waals surface area contributed by atoms with E-state index < -0.39 is 0 Å². The Hall–Kier alpha value is -2.34. The van der Waals surface area contributed by atoms with Crippen molar-refractivity contribution in [3.8, 4) is 11.4 Å². The van der Waals surface area contributed by atoms with Gasteiger partial charge in [-0.2, -0.15) is 5.21 Å². The van der Waals surface area contributed by atoms with E-state index in [9.17, 15) is 0 Å². The van der Waals surface area contributed by atoms with Crippen LogP contribution < -0.4 is 5.73 Å². The van der Waals surface area contributed by atoms with E-state index >= 15 is 0 Å². The van der Waals surface area contributed by atoms with Crippen molar-refractivity contribution in [1.29, 1.82) is 0 Å². The lowest BCUT2D eigenvalue weighted by molar-refractivity contribution is 0.881. The summed E-state index contributed by atoms with van der Waals surface area (Å²) in [5, 5.41) is 13.9. The number of tetrazole rings is 1. The Morgan fingerprint density at radius 1 is 1.00 bits per heavy atom. The summed E-state index contributed by atoms with van der Waals surface area (Å²) in [4.78, 5) is 2.17. The molecule has 0 saturated carbocycles. The molecule has 3 aromatic rings. The summed E-state index contributed by atoms with van der Waals surface area (Å²) in [5.41, 5.74) is 7.64. The summed E-state index contributed by atoms with van der Waals surface area (Å²) in [7, 11) is 0. The van der Waals surface area contributed by atoms with Crippen LogP contribution in [0.3, 0.4) is 0 Å².